The predicted octanol–water partition coefficient (Wildman–Crippen LogP) is 4.04. The standard InChI is InChI=1S/C21H19N3O2/c1-2-4-17(5-3-1)15-26-19-8-6-18(7-9-19)25-13-12-24-11-10-20-21(14-24)23-16-22-20/h1-11,14,16H,12-13,15H2. The number of aromatic nitrogens is 3. The van der Waals surface area contributed by atoms with Crippen molar-refractivity contribution in [2.45, 2.75) is 13.2 Å². The van der Waals surface area contributed by atoms with Gasteiger partial charge in [-0.1, -0.05) is 30.3 Å². The van der Waals surface area contributed by atoms with E-state index in [1.54, 1.807) is 6.33 Å². The molecule has 0 radical (unpaired) electrons. The van der Waals surface area contributed by atoms with Crippen LogP contribution in [0.4, 0.5) is 0 Å². The highest BCUT2D eigenvalue weighted by atomic mass is 16.5. The van der Waals surface area contributed by atoms with Crippen LogP contribution in [0.25, 0.3) is 11.4 Å². The normalized spacial score (nSPS) is 10.8. The SMILES string of the molecule is c1ccc(COc2ccc(OCCn3ccc4ncnc-4c3)cc2)cc1. The fraction of sp³-hybridized carbons (Fsp3) is 0.143. The molecule has 0 unspecified atom stereocenters. The lowest BCUT2D eigenvalue weighted by molar-refractivity contribution is 0.293. The van der Waals surface area contributed by atoms with Gasteiger partial charge in [0, 0.05) is 12.4 Å². The van der Waals surface area contributed by atoms with Gasteiger partial charge in [-0.3, -0.25) is 0 Å². The summed E-state index contributed by atoms with van der Waals surface area (Å²) in [4.78, 5) is 8.37. The van der Waals surface area contributed by atoms with E-state index in [2.05, 4.69) is 9.97 Å². The molecule has 0 N–H and O–H groups in total. The zero-order chi connectivity index (χ0) is 17.6. The van der Waals surface area contributed by atoms with Gasteiger partial charge in [0.25, 0.3) is 0 Å². The second-order valence-electron chi connectivity index (χ2n) is 5.92. The summed E-state index contributed by atoms with van der Waals surface area (Å²) in [7, 11) is 0. The highest BCUT2D eigenvalue weighted by Gasteiger charge is 2.05. The van der Waals surface area contributed by atoms with Crippen molar-refractivity contribution in [1.82, 2.24) is 14.5 Å². The molecule has 130 valence electrons. The fourth-order valence-electron chi connectivity index (χ4n) is 2.66. The van der Waals surface area contributed by atoms with E-state index < -0.39 is 0 Å². The molecule has 0 amide bonds. The minimum absolute atomic E-state index is 0.560. The van der Waals surface area contributed by atoms with Crippen LogP contribution in [-0.2, 0) is 13.2 Å². The summed E-state index contributed by atoms with van der Waals surface area (Å²) in [5.41, 5.74) is 2.96. The van der Waals surface area contributed by atoms with Crippen molar-refractivity contribution in [2.75, 3.05) is 6.61 Å². The van der Waals surface area contributed by atoms with Gasteiger partial charge in [0.1, 0.15) is 36.7 Å². The maximum Gasteiger partial charge on any atom is 0.120 e. The van der Waals surface area contributed by atoms with Gasteiger partial charge in [-0.25, -0.2) is 9.97 Å². The molecule has 2 aromatic rings. The largest absolute Gasteiger partial charge is 0.492 e. The number of ether oxygens (including phenoxy) is 2. The van der Waals surface area contributed by atoms with Gasteiger partial charge in [0.05, 0.1) is 12.2 Å². The molecule has 26 heavy (non-hydrogen) atoms. The second-order valence-corrected chi connectivity index (χ2v) is 5.92. The van der Waals surface area contributed by atoms with E-state index in [-0.39, 0.29) is 0 Å². The molecule has 0 saturated carbocycles. The Hall–Kier alpha value is -3.34. The van der Waals surface area contributed by atoms with Crippen molar-refractivity contribution < 1.29 is 9.47 Å². The summed E-state index contributed by atoms with van der Waals surface area (Å²) in [5, 5.41) is 0. The first kappa shape index (κ1) is 16.1. The highest BCUT2D eigenvalue weighted by Crippen LogP contribution is 2.19. The van der Waals surface area contributed by atoms with Crippen LogP contribution >= 0.6 is 0 Å². The Morgan fingerprint density at radius 2 is 1.50 bits per heavy atom. The first-order valence-electron chi connectivity index (χ1n) is 8.53. The van der Waals surface area contributed by atoms with Gasteiger partial charge >= 0.3 is 0 Å². The molecular weight excluding hydrogens is 326 g/mol. The molecule has 2 aliphatic heterocycles. The van der Waals surface area contributed by atoms with E-state index in [0.717, 1.165) is 35.0 Å². The minimum atomic E-state index is 0.560. The molecular formula is C21H19N3O2. The van der Waals surface area contributed by atoms with E-state index in [4.69, 9.17) is 9.47 Å². The molecule has 4 rings (SSSR count). The van der Waals surface area contributed by atoms with Crippen LogP contribution in [0.3, 0.4) is 0 Å². The van der Waals surface area contributed by atoms with Gasteiger partial charge in [0.15, 0.2) is 0 Å². The van der Waals surface area contributed by atoms with Crippen LogP contribution in [0.15, 0.2) is 79.4 Å². The lowest BCUT2D eigenvalue weighted by Gasteiger charge is -2.11. The van der Waals surface area contributed by atoms with Crippen LogP contribution in [0.2, 0.25) is 0 Å². The minimum Gasteiger partial charge on any atom is -0.492 e. The lowest BCUT2D eigenvalue weighted by Crippen LogP contribution is -2.08. The second kappa shape index (κ2) is 7.70. The first-order valence-corrected chi connectivity index (χ1v) is 8.53. The number of hydrogen-bond donors (Lipinski definition) is 0. The Balaban J connectivity index is 1.27. The molecule has 0 saturated heterocycles. The number of rotatable bonds is 7. The average molecular weight is 345 g/mol. The maximum atomic E-state index is 5.81. The van der Waals surface area contributed by atoms with Gasteiger partial charge < -0.3 is 14.0 Å². The van der Waals surface area contributed by atoms with Crippen molar-refractivity contribution in [2.24, 2.45) is 0 Å². The molecule has 0 bridgehead atoms. The summed E-state index contributed by atoms with van der Waals surface area (Å²) in [6.07, 6.45) is 5.54. The number of imidazole rings is 1. The molecule has 0 atom stereocenters. The third kappa shape index (κ3) is 4.00. The third-order valence-electron chi connectivity index (χ3n) is 4.06. The van der Waals surface area contributed by atoms with Gasteiger partial charge in [0.2, 0.25) is 0 Å². The van der Waals surface area contributed by atoms with Crippen molar-refractivity contribution in [3.8, 4) is 22.9 Å². The number of hydrogen-bond acceptors (Lipinski definition) is 4. The van der Waals surface area contributed by atoms with Crippen LogP contribution in [0.1, 0.15) is 5.56 Å². The molecule has 2 aromatic carbocycles. The number of benzene rings is 2. The molecule has 5 heteroatoms. The van der Waals surface area contributed by atoms with E-state index >= 15 is 0 Å². The topological polar surface area (TPSA) is 49.2 Å². The number of fused-ring (bicyclic) bond motifs is 1. The van der Waals surface area contributed by atoms with Crippen molar-refractivity contribution >= 4 is 0 Å². The van der Waals surface area contributed by atoms with Gasteiger partial charge in [-0.2, -0.15) is 0 Å². The maximum absolute atomic E-state index is 5.81. The Bertz CT molecular complexity index is 920. The summed E-state index contributed by atoms with van der Waals surface area (Å²) < 4.78 is 13.6. The highest BCUT2D eigenvalue weighted by molar-refractivity contribution is 5.53. The fourth-order valence-corrected chi connectivity index (χ4v) is 2.66. The van der Waals surface area contributed by atoms with Gasteiger partial charge in [-0.05, 0) is 35.9 Å². The van der Waals surface area contributed by atoms with E-state index in [1.807, 2.05) is 77.6 Å². The van der Waals surface area contributed by atoms with E-state index in [1.165, 1.54) is 0 Å². The number of pyridine rings is 1. The molecule has 0 fully saturated rings. The Kier molecular flexibility index (Phi) is 4.78. The quantitative estimate of drug-likeness (QED) is 0.507. The van der Waals surface area contributed by atoms with Crippen molar-refractivity contribution in [1.29, 1.82) is 0 Å². The van der Waals surface area contributed by atoms with Crippen LogP contribution in [0, 0.1) is 0 Å². The zero-order valence-electron chi connectivity index (χ0n) is 14.3. The zero-order valence-corrected chi connectivity index (χ0v) is 14.3. The summed E-state index contributed by atoms with van der Waals surface area (Å²) in [6.45, 7) is 1.88. The number of nitrogens with zero attached hydrogens (tertiary/aromatic N) is 3. The molecule has 2 heterocycles. The molecule has 0 aliphatic carbocycles. The van der Waals surface area contributed by atoms with Crippen molar-refractivity contribution in [3.05, 3.63) is 84.9 Å². The summed E-state index contributed by atoms with van der Waals surface area (Å²) in [5.74, 6) is 1.66. The predicted molar refractivity (Wildman–Crippen MR) is 99.4 cm³/mol. The Morgan fingerprint density at radius 3 is 2.31 bits per heavy atom. The van der Waals surface area contributed by atoms with E-state index in [9.17, 15) is 0 Å². The average Bonchev–Trinajstić information content (AvgIpc) is 3.16. The smallest absolute Gasteiger partial charge is 0.120 e. The first-order chi connectivity index (χ1) is 12.9. The molecule has 2 aliphatic rings. The van der Waals surface area contributed by atoms with E-state index in [0.29, 0.717) is 13.2 Å². The molecule has 5 nitrogen and oxygen atoms in total. The Morgan fingerprint density at radius 1 is 0.769 bits per heavy atom. The Labute approximate surface area is 152 Å². The molecule has 0 spiro atoms. The molecule has 0 aromatic heterocycles. The monoisotopic (exact) mass is 345 g/mol. The van der Waals surface area contributed by atoms with Crippen LogP contribution < -0.4 is 9.47 Å². The summed E-state index contributed by atoms with van der Waals surface area (Å²) in [6, 6.07) is 19.8. The van der Waals surface area contributed by atoms with Crippen molar-refractivity contribution in [3.63, 3.8) is 0 Å². The summed E-state index contributed by atoms with van der Waals surface area (Å²) >= 11 is 0. The van der Waals surface area contributed by atoms with Gasteiger partial charge in [-0.15, -0.1) is 0 Å². The van der Waals surface area contributed by atoms with Crippen LogP contribution in [-0.4, -0.2) is 21.1 Å². The third-order valence-corrected chi connectivity index (χ3v) is 4.06. The van der Waals surface area contributed by atoms with Crippen LogP contribution in [0.5, 0.6) is 11.5 Å². The lowest BCUT2D eigenvalue weighted by atomic mass is 10.2.